The largest absolute Gasteiger partial charge is 0.494 e. The molecule has 4 rings (SSSR count). The molecule has 356 valence electrons. The summed E-state index contributed by atoms with van der Waals surface area (Å²) in [4.78, 5) is 59.2. The van der Waals surface area contributed by atoms with E-state index in [0.717, 1.165) is 81.3 Å². The molecule has 0 heterocycles. The first-order valence-electron chi connectivity index (χ1n) is 22.4. The van der Waals surface area contributed by atoms with Crippen LogP contribution < -0.4 is 19.1 Å². The van der Waals surface area contributed by atoms with Crippen LogP contribution >= 0.6 is 0 Å². The van der Waals surface area contributed by atoms with E-state index < -0.39 is 23.9 Å². The summed E-state index contributed by atoms with van der Waals surface area (Å²) in [6, 6.07) is 25.8. The molecule has 0 aliphatic carbocycles. The third-order valence-corrected chi connectivity index (χ3v) is 9.43. The Labute approximate surface area is 392 Å². The maximum absolute atomic E-state index is 13.2. The molecule has 0 unspecified atom stereocenters. The Morgan fingerprint density at radius 1 is 0.537 bits per heavy atom. The second-order valence-corrected chi connectivity index (χ2v) is 14.7. The molecule has 0 bridgehead atoms. The summed E-state index contributed by atoms with van der Waals surface area (Å²) in [6.07, 6.45) is 13.2. The molecule has 0 aromatic heterocycles. The first-order valence-corrected chi connectivity index (χ1v) is 22.4. The minimum absolute atomic E-state index is 0.0623. The van der Waals surface area contributed by atoms with Crippen molar-refractivity contribution in [3.8, 4) is 23.0 Å². The topological polar surface area (TPSA) is 176 Å². The van der Waals surface area contributed by atoms with Crippen LogP contribution in [0.5, 0.6) is 23.0 Å². The molecule has 0 saturated heterocycles. The van der Waals surface area contributed by atoms with Crippen LogP contribution in [0, 0.1) is 0 Å². The SMILES string of the molecule is C=CC(=O)OCCCCCCOc1ccc(COOc2ccc(/C=N/N=C/c3ccc(OC(=O)c4ccc(OCCCCCCOC(=O)C=C)cc4)cc3)cc2C(=O)OCCOCCC)cc1. The Morgan fingerprint density at radius 3 is 1.66 bits per heavy atom. The predicted molar refractivity (Wildman–Crippen MR) is 253 cm³/mol. The Morgan fingerprint density at radius 2 is 1.07 bits per heavy atom. The van der Waals surface area contributed by atoms with E-state index in [1.54, 1.807) is 66.7 Å². The van der Waals surface area contributed by atoms with E-state index in [9.17, 15) is 19.2 Å². The summed E-state index contributed by atoms with van der Waals surface area (Å²) in [5.74, 6) is -0.0501. The van der Waals surface area contributed by atoms with Crippen LogP contribution in [0.4, 0.5) is 0 Å². The van der Waals surface area contributed by atoms with Gasteiger partial charge in [-0.3, -0.25) is 0 Å². The molecule has 4 aromatic rings. The minimum Gasteiger partial charge on any atom is -0.494 e. The van der Waals surface area contributed by atoms with Gasteiger partial charge in [0.1, 0.15) is 36.0 Å². The molecule has 4 aromatic carbocycles. The molecule has 0 spiro atoms. The summed E-state index contributed by atoms with van der Waals surface area (Å²) < 4.78 is 38.0. The lowest BCUT2D eigenvalue weighted by molar-refractivity contribution is -0.217. The van der Waals surface area contributed by atoms with E-state index in [0.29, 0.717) is 61.2 Å². The van der Waals surface area contributed by atoms with Crippen molar-refractivity contribution >= 4 is 36.3 Å². The number of esters is 4. The minimum atomic E-state index is -0.622. The van der Waals surface area contributed by atoms with Crippen LogP contribution in [-0.2, 0) is 40.0 Å². The van der Waals surface area contributed by atoms with Crippen molar-refractivity contribution in [2.75, 3.05) is 46.2 Å². The molecular formula is C52H60N2O13. The molecule has 0 saturated carbocycles. The number of benzene rings is 4. The van der Waals surface area contributed by atoms with Crippen molar-refractivity contribution in [2.45, 2.75) is 71.3 Å². The number of carbonyl (C=O) groups is 4. The standard InChI is InChI=1S/C52H60N2O13/c1-4-29-59-34-35-64-52(58)47-36-42(19-28-48(47)67-65-39-41-17-22-44(23-18-41)60-30-11-7-9-13-32-62-49(55)5-2)38-54-53-37-40-15-24-46(25-16-40)66-51(57)43-20-26-45(27-21-43)61-31-12-8-10-14-33-63-50(56)6-3/h5-6,15-28,36-38H,2-4,7-14,29-35,39H2,1H3/b53-37+,54-38+. The fraction of sp³-hybridized carbons (Fsp3) is 0.346. The second-order valence-electron chi connectivity index (χ2n) is 14.7. The third-order valence-electron chi connectivity index (χ3n) is 9.43. The highest BCUT2D eigenvalue weighted by Crippen LogP contribution is 2.23. The predicted octanol–water partition coefficient (Wildman–Crippen LogP) is 9.79. The number of hydrogen-bond acceptors (Lipinski definition) is 15. The van der Waals surface area contributed by atoms with Crippen molar-refractivity contribution in [1.29, 1.82) is 0 Å². The molecule has 0 N–H and O–H groups in total. The van der Waals surface area contributed by atoms with Gasteiger partial charge in [0.25, 0.3) is 0 Å². The van der Waals surface area contributed by atoms with Gasteiger partial charge >= 0.3 is 23.9 Å². The number of unbranched alkanes of at least 4 members (excludes halogenated alkanes) is 6. The average molecular weight is 921 g/mol. The lowest BCUT2D eigenvalue weighted by Gasteiger charge is -2.12. The Balaban J connectivity index is 1.22. The van der Waals surface area contributed by atoms with E-state index in [1.165, 1.54) is 12.4 Å². The molecule has 15 nitrogen and oxygen atoms in total. The maximum Gasteiger partial charge on any atom is 0.343 e. The quantitative estimate of drug-likeness (QED) is 0.00646. The van der Waals surface area contributed by atoms with E-state index in [1.807, 2.05) is 31.2 Å². The molecule has 15 heteroatoms. The summed E-state index contributed by atoms with van der Waals surface area (Å²) in [7, 11) is 0. The fourth-order valence-corrected chi connectivity index (χ4v) is 5.85. The highest BCUT2D eigenvalue weighted by atomic mass is 17.2. The van der Waals surface area contributed by atoms with E-state index in [-0.39, 0.29) is 31.1 Å². The van der Waals surface area contributed by atoms with Crippen LogP contribution in [0.2, 0.25) is 0 Å². The zero-order chi connectivity index (χ0) is 47.7. The number of ether oxygens (including phenoxy) is 7. The normalized spacial score (nSPS) is 10.9. The summed E-state index contributed by atoms with van der Waals surface area (Å²) >= 11 is 0. The number of rotatable bonds is 33. The van der Waals surface area contributed by atoms with E-state index in [2.05, 4.69) is 23.4 Å². The van der Waals surface area contributed by atoms with Crippen LogP contribution in [0.15, 0.2) is 127 Å². The lowest BCUT2D eigenvalue weighted by Crippen LogP contribution is -2.13. The molecule has 0 aliphatic heterocycles. The van der Waals surface area contributed by atoms with Crippen molar-refractivity contribution in [3.05, 3.63) is 144 Å². The maximum atomic E-state index is 13.2. The molecule has 0 aliphatic rings. The first-order chi connectivity index (χ1) is 32.8. The zero-order valence-electron chi connectivity index (χ0n) is 38.1. The van der Waals surface area contributed by atoms with Crippen molar-refractivity contribution in [1.82, 2.24) is 0 Å². The highest BCUT2D eigenvalue weighted by Gasteiger charge is 2.17. The monoisotopic (exact) mass is 920 g/mol. The number of carbonyl (C=O) groups excluding carboxylic acids is 4. The van der Waals surface area contributed by atoms with E-state index >= 15 is 0 Å². The molecule has 0 atom stereocenters. The molecule has 67 heavy (non-hydrogen) atoms. The Hall–Kier alpha value is -7.10. The summed E-state index contributed by atoms with van der Waals surface area (Å²) in [5, 5.41) is 8.27. The van der Waals surface area contributed by atoms with Gasteiger partial charge < -0.3 is 38.0 Å². The zero-order valence-corrected chi connectivity index (χ0v) is 38.1. The molecule has 0 fully saturated rings. The van der Waals surface area contributed by atoms with Crippen molar-refractivity contribution < 1.29 is 62.1 Å². The Kier molecular flexibility index (Phi) is 24.9. The van der Waals surface area contributed by atoms with Crippen LogP contribution in [-0.4, -0.2) is 82.6 Å². The van der Waals surface area contributed by atoms with Gasteiger partial charge in [-0.2, -0.15) is 15.1 Å². The molecular weight excluding hydrogens is 861 g/mol. The third kappa shape index (κ3) is 21.6. The average Bonchev–Trinajstić information content (AvgIpc) is 3.35. The first kappa shape index (κ1) is 52.5. The number of nitrogens with zero attached hydrogens (tertiary/aromatic N) is 2. The van der Waals surface area contributed by atoms with Crippen molar-refractivity contribution in [3.63, 3.8) is 0 Å². The van der Waals surface area contributed by atoms with Gasteiger partial charge in [0, 0.05) is 18.8 Å². The van der Waals surface area contributed by atoms with Crippen LogP contribution in [0.25, 0.3) is 0 Å². The smallest absolute Gasteiger partial charge is 0.343 e. The number of hydrogen-bond donors (Lipinski definition) is 0. The van der Waals surface area contributed by atoms with Gasteiger partial charge in [-0.15, -0.1) is 0 Å². The fourth-order valence-electron chi connectivity index (χ4n) is 5.85. The summed E-state index contributed by atoms with van der Waals surface area (Å²) in [6.45, 7) is 11.6. The van der Waals surface area contributed by atoms with Crippen molar-refractivity contribution in [2.24, 2.45) is 10.2 Å². The van der Waals surface area contributed by atoms with E-state index in [4.69, 9.17) is 42.9 Å². The molecule has 0 amide bonds. The van der Waals surface area contributed by atoms with Gasteiger partial charge in [-0.25, -0.2) is 19.2 Å². The highest BCUT2D eigenvalue weighted by molar-refractivity contribution is 5.95. The van der Waals surface area contributed by atoms with Gasteiger partial charge in [0.15, 0.2) is 5.75 Å². The Bertz CT molecular complexity index is 2190. The van der Waals surface area contributed by atoms with Crippen LogP contribution in [0.1, 0.15) is 102 Å². The lowest BCUT2D eigenvalue weighted by atomic mass is 10.1. The second kappa shape index (κ2) is 31.7. The van der Waals surface area contributed by atoms with Gasteiger partial charge in [-0.1, -0.05) is 32.2 Å². The summed E-state index contributed by atoms with van der Waals surface area (Å²) in [5.41, 5.74) is 2.60. The van der Waals surface area contributed by atoms with Gasteiger partial charge in [0.05, 0.1) is 51.0 Å². The van der Waals surface area contributed by atoms with Gasteiger partial charge in [-0.05, 0) is 153 Å². The molecule has 0 radical (unpaired) electrons. The van der Waals surface area contributed by atoms with Crippen LogP contribution in [0.3, 0.4) is 0 Å². The van der Waals surface area contributed by atoms with Gasteiger partial charge in [0.2, 0.25) is 0 Å².